The van der Waals surface area contributed by atoms with Crippen LogP contribution in [0.4, 0.5) is 0 Å². The topological polar surface area (TPSA) is 151 Å². The molecule has 0 aliphatic heterocycles. The van der Waals surface area contributed by atoms with E-state index < -0.39 is 32.0 Å². The fourth-order valence-corrected chi connectivity index (χ4v) is 7.47. The van der Waals surface area contributed by atoms with Gasteiger partial charge in [0.15, 0.2) is 0 Å². The molecular formula is C41H85N2O7P. The molecule has 4 atom stereocenters. The quantitative estimate of drug-likeness (QED) is 0.0306. The molecule has 0 fully saturated rings. The van der Waals surface area contributed by atoms with Crippen LogP contribution in [0.2, 0.25) is 0 Å². The van der Waals surface area contributed by atoms with Gasteiger partial charge in [0.25, 0.3) is 0 Å². The number of carbonyl (C=O) groups excluding carboxylic acids is 1. The van der Waals surface area contributed by atoms with Crippen molar-refractivity contribution >= 4 is 13.7 Å². The first-order valence-electron chi connectivity index (χ1n) is 21.7. The minimum atomic E-state index is -4.37. The van der Waals surface area contributed by atoms with E-state index in [4.69, 9.17) is 14.8 Å². The van der Waals surface area contributed by atoms with Crippen molar-refractivity contribution in [1.82, 2.24) is 5.32 Å². The second-order valence-electron chi connectivity index (χ2n) is 15.1. The average molecular weight is 749 g/mol. The summed E-state index contributed by atoms with van der Waals surface area (Å²) in [4.78, 5) is 22.8. The Morgan fingerprint density at radius 1 is 0.588 bits per heavy atom. The summed E-state index contributed by atoms with van der Waals surface area (Å²) in [6.07, 6.45) is 35.7. The molecule has 0 saturated carbocycles. The lowest BCUT2D eigenvalue weighted by Crippen LogP contribution is -2.47. The van der Waals surface area contributed by atoms with Gasteiger partial charge in [-0.05, 0) is 12.8 Å². The van der Waals surface area contributed by atoms with Crippen molar-refractivity contribution in [1.29, 1.82) is 0 Å². The summed E-state index contributed by atoms with van der Waals surface area (Å²) in [5.74, 6) is -0.410. The molecule has 306 valence electrons. The number of hydrogen-bond donors (Lipinski definition) is 5. The Bertz CT molecular complexity index is 791. The number of aliphatic hydroxyl groups excluding tert-OH is 2. The van der Waals surface area contributed by atoms with Gasteiger partial charge in [-0.25, -0.2) is 4.57 Å². The molecule has 0 heterocycles. The molecule has 0 saturated heterocycles. The van der Waals surface area contributed by atoms with Gasteiger partial charge in [0.2, 0.25) is 5.91 Å². The van der Waals surface area contributed by atoms with E-state index in [1.54, 1.807) is 0 Å². The molecular weight excluding hydrogens is 663 g/mol. The Labute approximate surface area is 315 Å². The maximum absolute atomic E-state index is 12.8. The number of phosphoric acid groups is 1. The number of carbonyl (C=O) groups is 1. The minimum absolute atomic E-state index is 0.0625. The molecule has 0 spiro atoms. The fourth-order valence-electron chi connectivity index (χ4n) is 6.71. The molecule has 0 radical (unpaired) electrons. The molecule has 51 heavy (non-hydrogen) atoms. The van der Waals surface area contributed by atoms with Crippen LogP contribution in [0.15, 0.2) is 0 Å². The maximum Gasteiger partial charge on any atom is 0.472 e. The fraction of sp³-hybridized carbons (Fsp3) is 0.976. The zero-order chi connectivity index (χ0) is 37.7. The summed E-state index contributed by atoms with van der Waals surface area (Å²) in [5.41, 5.74) is 5.36. The summed E-state index contributed by atoms with van der Waals surface area (Å²) in [6.45, 7) is 4.06. The predicted octanol–water partition coefficient (Wildman–Crippen LogP) is 10.8. The lowest BCUT2D eigenvalue weighted by atomic mass is 10.0. The van der Waals surface area contributed by atoms with Crippen molar-refractivity contribution in [3.63, 3.8) is 0 Å². The number of amides is 1. The van der Waals surface area contributed by atoms with Crippen molar-refractivity contribution in [2.45, 2.75) is 238 Å². The van der Waals surface area contributed by atoms with Crippen LogP contribution >= 0.6 is 7.82 Å². The normalized spacial score (nSPS) is 14.7. The van der Waals surface area contributed by atoms with Gasteiger partial charge in [0.05, 0.1) is 37.9 Å². The van der Waals surface area contributed by atoms with Gasteiger partial charge in [0, 0.05) is 6.54 Å². The van der Waals surface area contributed by atoms with E-state index in [0.717, 1.165) is 38.5 Å². The zero-order valence-corrected chi connectivity index (χ0v) is 34.4. The van der Waals surface area contributed by atoms with Crippen LogP contribution in [-0.4, -0.2) is 59.0 Å². The predicted molar refractivity (Wildman–Crippen MR) is 214 cm³/mol. The van der Waals surface area contributed by atoms with E-state index in [2.05, 4.69) is 19.2 Å². The lowest BCUT2D eigenvalue weighted by Gasteiger charge is -2.25. The first-order chi connectivity index (χ1) is 24.8. The van der Waals surface area contributed by atoms with E-state index in [1.165, 1.54) is 148 Å². The van der Waals surface area contributed by atoms with Crippen molar-refractivity contribution in [2.24, 2.45) is 5.73 Å². The van der Waals surface area contributed by atoms with Gasteiger partial charge in [-0.1, -0.05) is 200 Å². The monoisotopic (exact) mass is 749 g/mol. The Morgan fingerprint density at radius 2 is 0.941 bits per heavy atom. The Hall–Kier alpha value is -0.540. The van der Waals surface area contributed by atoms with E-state index >= 15 is 0 Å². The highest BCUT2D eigenvalue weighted by Gasteiger charge is 2.28. The summed E-state index contributed by atoms with van der Waals surface area (Å²) in [5, 5.41) is 24.2. The number of nitrogens with one attached hydrogen (secondary N) is 1. The van der Waals surface area contributed by atoms with Gasteiger partial charge in [0.1, 0.15) is 0 Å². The second-order valence-corrected chi connectivity index (χ2v) is 16.6. The standard InChI is InChI=1S/C41H85N2O7P/c1-3-5-7-9-11-13-15-17-18-19-21-22-24-26-28-30-32-38(44)36-41(46)43-39(37-50-51(47,48)49-35-34-42)40(45)33-31-29-27-25-23-20-16-14-12-10-8-6-4-2/h38-40,44-45H,3-37,42H2,1-2H3,(H,43,46)(H,47,48). The molecule has 0 bridgehead atoms. The van der Waals surface area contributed by atoms with Crippen molar-refractivity contribution in [3.05, 3.63) is 0 Å². The second kappa shape index (κ2) is 37.8. The van der Waals surface area contributed by atoms with Crippen LogP contribution in [0, 0.1) is 0 Å². The van der Waals surface area contributed by atoms with E-state index in [1.807, 2.05) is 0 Å². The molecule has 0 aliphatic carbocycles. The minimum Gasteiger partial charge on any atom is -0.393 e. The van der Waals surface area contributed by atoms with Crippen LogP contribution in [0.3, 0.4) is 0 Å². The van der Waals surface area contributed by atoms with Gasteiger partial charge < -0.3 is 26.2 Å². The molecule has 10 heteroatoms. The van der Waals surface area contributed by atoms with Crippen molar-refractivity contribution in [2.75, 3.05) is 19.8 Å². The molecule has 1 amide bonds. The molecule has 0 aliphatic rings. The van der Waals surface area contributed by atoms with Gasteiger partial charge in [-0.15, -0.1) is 0 Å². The molecule has 0 aromatic carbocycles. The van der Waals surface area contributed by atoms with Crippen LogP contribution in [-0.2, 0) is 18.4 Å². The molecule has 4 unspecified atom stereocenters. The number of aliphatic hydroxyl groups is 2. The third-order valence-electron chi connectivity index (χ3n) is 10.0. The number of nitrogens with two attached hydrogens (primary N) is 1. The molecule has 0 rings (SSSR count). The van der Waals surface area contributed by atoms with E-state index in [-0.39, 0.29) is 26.2 Å². The Balaban J connectivity index is 4.23. The van der Waals surface area contributed by atoms with Crippen molar-refractivity contribution < 1.29 is 33.5 Å². The van der Waals surface area contributed by atoms with Crippen LogP contribution < -0.4 is 11.1 Å². The maximum atomic E-state index is 12.8. The summed E-state index contributed by atoms with van der Waals surface area (Å²) in [6, 6.07) is -0.889. The SMILES string of the molecule is CCCCCCCCCCCCCCCCCCC(O)CC(=O)NC(COP(=O)(O)OCCN)C(O)CCCCCCCCCCCCCCC. The van der Waals surface area contributed by atoms with Crippen molar-refractivity contribution in [3.8, 4) is 0 Å². The summed E-state index contributed by atoms with van der Waals surface area (Å²) >= 11 is 0. The number of hydrogen-bond acceptors (Lipinski definition) is 7. The smallest absolute Gasteiger partial charge is 0.393 e. The first-order valence-corrected chi connectivity index (χ1v) is 23.2. The molecule has 0 aromatic heterocycles. The van der Waals surface area contributed by atoms with Gasteiger partial charge in [-0.2, -0.15) is 0 Å². The van der Waals surface area contributed by atoms with Crippen LogP contribution in [0.1, 0.15) is 219 Å². The third kappa shape index (κ3) is 36.2. The Kier molecular flexibility index (Phi) is 37.4. The number of phosphoric ester groups is 1. The molecule has 9 nitrogen and oxygen atoms in total. The molecule has 6 N–H and O–H groups in total. The Morgan fingerprint density at radius 3 is 1.31 bits per heavy atom. The summed E-state index contributed by atoms with van der Waals surface area (Å²) in [7, 11) is -4.37. The third-order valence-corrected chi connectivity index (χ3v) is 11.0. The molecule has 0 aromatic rings. The summed E-state index contributed by atoms with van der Waals surface area (Å²) < 4.78 is 22.1. The highest BCUT2D eigenvalue weighted by atomic mass is 31.2. The van der Waals surface area contributed by atoms with Gasteiger partial charge in [-0.3, -0.25) is 13.8 Å². The first kappa shape index (κ1) is 50.5. The highest BCUT2D eigenvalue weighted by molar-refractivity contribution is 7.47. The van der Waals surface area contributed by atoms with E-state index in [9.17, 15) is 24.5 Å². The largest absolute Gasteiger partial charge is 0.472 e. The average Bonchev–Trinajstić information content (AvgIpc) is 3.10. The lowest BCUT2D eigenvalue weighted by molar-refractivity contribution is -0.125. The number of rotatable bonds is 41. The highest BCUT2D eigenvalue weighted by Crippen LogP contribution is 2.43. The van der Waals surface area contributed by atoms with Crippen LogP contribution in [0.5, 0.6) is 0 Å². The van der Waals surface area contributed by atoms with Crippen LogP contribution in [0.25, 0.3) is 0 Å². The van der Waals surface area contributed by atoms with Gasteiger partial charge >= 0.3 is 7.82 Å². The number of unbranched alkanes of at least 4 members (excludes halogenated alkanes) is 27. The van der Waals surface area contributed by atoms with E-state index in [0.29, 0.717) is 12.8 Å². The zero-order valence-electron chi connectivity index (χ0n) is 33.5.